The molecule has 0 aliphatic rings. The summed E-state index contributed by atoms with van der Waals surface area (Å²) >= 11 is 1.26. The second-order valence-electron chi connectivity index (χ2n) is 1.47. The Morgan fingerprint density at radius 3 is 2.70 bits per heavy atom. The molecule has 0 fully saturated rings. The third-order valence-corrected chi connectivity index (χ3v) is 1.20. The van der Waals surface area contributed by atoms with Crippen LogP contribution in [-0.4, -0.2) is 24.9 Å². The van der Waals surface area contributed by atoms with E-state index in [1.165, 1.54) is 12.0 Å². The number of esters is 1. The maximum atomic E-state index is 10.6. The summed E-state index contributed by atoms with van der Waals surface area (Å²) < 4.78 is 9.45. The molecule has 4 heteroatoms. The predicted octanol–water partition coefficient (Wildman–Crippen LogP) is 1.23. The van der Waals surface area contributed by atoms with Gasteiger partial charge in [-0.25, -0.2) is 4.79 Å². The Kier molecular flexibility index (Phi) is 6.74. The van der Waals surface area contributed by atoms with Gasteiger partial charge in [0.25, 0.3) is 0 Å². The zero-order valence-electron chi connectivity index (χ0n) is 6.25. The van der Waals surface area contributed by atoms with Crippen molar-refractivity contribution in [2.24, 2.45) is 0 Å². The van der Waals surface area contributed by atoms with Gasteiger partial charge in [0.05, 0.1) is 6.61 Å². The molecule has 0 atom stereocenters. The lowest BCUT2D eigenvalue weighted by Gasteiger charge is -1.99. The molecule has 0 saturated heterocycles. The molecule has 0 amide bonds. The maximum absolute atomic E-state index is 10.6. The minimum Gasteiger partial charge on any atom is -0.464 e. The minimum absolute atomic E-state index is 0.0480. The summed E-state index contributed by atoms with van der Waals surface area (Å²) in [5, 5.41) is 0. The fraction of sp³-hybridized carbons (Fsp3) is 0.833. The number of carbonyl (C=O) groups is 1. The minimum atomic E-state index is -0.302. The maximum Gasteiger partial charge on any atom is 0.333 e. The molecule has 0 aromatic carbocycles. The highest BCUT2D eigenvalue weighted by atomic mass is 32.2. The molecule has 0 aliphatic heterocycles. The summed E-state index contributed by atoms with van der Waals surface area (Å²) in [6.07, 6.45) is 0. The highest BCUT2D eigenvalue weighted by Gasteiger charge is 1.99. The molecular weight excluding hydrogens is 152 g/mol. The number of hydrogen-bond acceptors (Lipinski definition) is 4. The highest BCUT2D eigenvalue weighted by Crippen LogP contribution is 1.99. The number of hydrogen-bond donors (Lipinski definition) is 0. The van der Waals surface area contributed by atoms with Crippen LogP contribution in [0.1, 0.15) is 13.8 Å². The zero-order valence-corrected chi connectivity index (χ0v) is 7.07. The number of rotatable bonds is 5. The summed E-state index contributed by atoms with van der Waals surface area (Å²) in [6, 6.07) is 0. The average molecular weight is 164 g/mol. The van der Waals surface area contributed by atoms with Crippen molar-refractivity contribution in [3.05, 3.63) is 0 Å². The second kappa shape index (κ2) is 6.89. The van der Waals surface area contributed by atoms with E-state index in [1.54, 1.807) is 6.92 Å². The molecule has 0 aliphatic carbocycles. The van der Waals surface area contributed by atoms with Gasteiger partial charge < -0.3 is 8.92 Å². The molecule has 0 radical (unpaired) electrons. The van der Waals surface area contributed by atoms with Crippen LogP contribution in [0.25, 0.3) is 0 Å². The average Bonchev–Trinajstić information content (AvgIpc) is 1.89. The van der Waals surface area contributed by atoms with Gasteiger partial charge in [-0.15, -0.1) is 0 Å². The molecular formula is C6H12O3S. The molecule has 0 heterocycles. The lowest BCUT2D eigenvalue weighted by atomic mass is 10.7. The van der Waals surface area contributed by atoms with Crippen molar-refractivity contribution >= 4 is 18.0 Å². The topological polar surface area (TPSA) is 35.5 Å². The van der Waals surface area contributed by atoms with E-state index in [-0.39, 0.29) is 12.6 Å². The summed E-state index contributed by atoms with van der Waals surface area (Å²) in [4.78, 5) is 10.6. The molecule has 60 valence electrons. The van der Waals surface area contributed by atoms with Gasteiger partial charge in [-0.05, 0) is 19.0 Å². The van der Waals surface area contributed by atoms with E-state index >= 15 is 0 Å². The van der Waals surface area contributed by atoms with Crippen molar-refractivity contribution in [1.29, 1.82) is 0 Å². The SMILES string of the molecule is CCOC(=O)COSCC. The monoisotopic (exact) mass is 164 g/mol. The lowest BCUT2D eigenvalue weighted by Crippen LogP contribution is -2.09. The predicted molar refractivity (Wildman–Crippen MR) is 40.7 cm³/mol. The Morgan fingerprint density at radius 1 is 1.50 bits per heavy atom. The molecule has 0 N–H and O–H groups in total. The van der Waals surface area contributed by atoms with Crippen LogP contribution >= 0.6 is 12.0 Å². The lowest BCUT2D eigenvalue weighted by molar-refractivity contribution is -0.145. The Morgan fingerprint density at radius 2 is 2.20 bits per heavy atom. The van der Waals surface area contributed by atoms with Crippen LogP contribution in [0, 0.1) is 0 Å². The van der Waals surface area contributed by atoms with E-state index in [0.717, 1.165) is 5.75 Å². The largest absolute Gasteiger partial charge is 0.464 e. The Balaban J connectivity index is 3.05. The van der Waals surface area contributed by atoms with Crippen molar-refractivity contribution in [3.63, 3.8) is 0 Å². The number of ether oxygens (including phenoxy) is 1. The Labute approximate surface area is 65.3 Å². The molecule has 0 spiro atoms. The second-order valence-corrected chi connectivity index (χ2v) is 2.52. The summed E-state index contributed by atoms with van der Waals surface area (Å²) in [5.41, 5.74) is 0. The van der Waals surface area contributed by atoms with Gasteiger partial charge in [0.2, 0.25) is 0 Å². The summed E-state index contributed by atoms with van der Waals surface area (Å²) in [7, 11) is 0. The van der Waals surface area contributed by atoms with E-state index in [0.29, 0.717) is 6.61 Å². The van der Waals surface area contributed by atoms with Crippen LogP contribution in [-0.2, 0) is 13.7 Å². The Hall–Kier alpha value is -0.220. The van der Waals surface area contributed by atoms with Crippen LogP contribution in [0.15, 0.2) is 0 Å². The molecule has 0 aromatic rings. The third kappa shape index (κ3) is 5.91. The normalized spacial score (nSPS) is 9.40. The van der Waals surface area contributed by atoms with Crippen LogP contribution in [0.4, 0.5) is 0 Å². The Bertz CT molecular complexity index is 95.0. The quantitative estimate of drug-likeness (QED) is 0.348. The summed E-state index contributed by atoms with van der Waals surface area (Å²) in [5.74, 6) is 0.544. The molecule has 0 unspecified atom stereocenters. The van der Waals surface area contributed by atoms with Crippen molar-refractivity contribution in [3.8, 4) is 0 Å². The van der Waals surface area contributed by atoms with Crippen LogP contribution in [0.3, 0.4) is 0 Å². The van der Waals surface area contributed by atoms with Crippen LogP contribution < -0.4 is 0 Å². The first-order valence-electron chi connectivity index (χ1n) is 3.21. The van der Waals surface area contributed by atoms with Crippen molar-refractivity contribution in [2.45, 2.75) is 13.8 Å². The fourth-order valence-corrected chi connectivity index (χ4v) is 0.722. The van der Waals surface area contributed by atoms with Crippen molar-refractivity contribution in [2.75, 3.05) is 19.0 Å². The summed E-state index contributed by atoms with van der Waals surface area (Å²) in [6.45, 7) is 4.19. The molecule has 0 saturated carbocycles. The smallest absolute Gasteiger partial charge is 0.333 e. The van der Waals surface area contributed by atoms with Gasteiger partial charge in [-0.3, -0.25) is 0 Å². The van der Waals surface area contributed by atoms with Crippen molar-refractivity contribution < 1.29 is 13.7 Å². The molecule has 10 heavy (non-hydrogen) atoms. The van der Waals surface area contributed by atoms with Crippen LogP contribution in [0.5, 0.6) is 0 Å². The van der Waals surface area contributed by atoms with E-state index in [2.05, 4.69) is 4.74 Å². The van der Waals surface area contributed by atoms with Gasteiger partial charge in [-0.1, -0.05) is 6.92 Å². The number of carbonyl (C=O) groups excluding carboxylic acids is 1. The molecule has 0 bridgehead atoms. The van der Waals surface area contributed by atoms with Gasteiger partial charge in [0.15, 0.2) is 6.61 Å². The van der Waals surface area contributed by atoms with Gasteiger partial charge in [0.1, 0.15) is 0 Å². The van der Waals surface area contributed by atoms with Gasteiger partial charge in [0, 0.05) is 5.75 Å². The molecule has 0 aromatic heterocycles. The van der Waals surface area contributed by atoms with E-state index < -0.39 is 0 Å². The van der Waals surface area contributed by atoms with Crippen LogP contribution in [0.2, 0.25) is 0 Å². The standard InChI is InChI=1S/C6H12O3S/c1-3-8-6(7)5-9-10-4-2/h3-5H2,1-2H3. The van der Waals surface area contributed by atoms with E-state index in [4.69, 9.17) is 4.18 Å². The molecule has 3 nitrogen and oxygen atoms in total. The first-order valence-corrected chi connectivity index (χ1v) is 4.12. The zero-order chi connectivity index (χ0) is 7.82. The fourth-order valence-electron chi connectivity index (χ4n) is 0.376. The third-order valence-electron chi connectivity index (χ3n) is 0.683. The first-order chi connectivity index (χ1) is 4.81. The van der Waals surface area contributed by atoms with Gasteiger partial charge in [-0.2, -0.15) is 0 Å². The van der Waals surface area contributed by atoms with E-state index in [1.807, 2.05) is 6.92 Å². The van der Waals surface area contributed by atoms with E-state index in [9.17, 15) is 4.79 Å². The highest BCUT2D eigenvalue weighted by molar-refractivity contribution is 7.94. The van der Waals surface area contributed by atoms with Gasteiger partial charge >= 0.3 is 5.97 Å². The first kappa shape index (κ1) is 9.78. The molecule has 0 rings (SSSR count). The van der Waals surface area contributed by atoms with Crippen molar-refractivity contribution in [1.82, 2.24) is 0 Å².